The second-order valence-corrected chi connectivity index (χ2v) is 9.13. The molecule has 2 atom stereocenters. The summed E-state index contributed by atoms with van der Waals surface area (Å²) in [6.45, 7) is 0.794. The van der Waals surface area contributed by atoms with Gasteiger partial charge in [0.25, 0.3) is 10.0 Å². The number of β-amino-alcohol motifs (C(OH)–C–C–N with tert-alkyl or cyclic N) is 1. The third kappa shape index (κ3) is 5.27. The van der Waals surface area contributed by atoms with Crippen molar-refractivity contribution in [3.05, 3.63) is 59.8 Å². The number of carbonyl (C=O) groups excluding carboxylic acids is 2. The van der Waals surface area contributed by atoms with E-state index in [9.17, 15) is 23.1 Å². The quantitative estimate of drug-likeness (QED) is 0.560. The van der Waals surface area contributed by atoms with E-state index in [0.29, 0.717) is 24.9 Å². The number of aliphatic hydroxyl groups excluding tert-OH is 1. The van der Waals surface area contributed by atoms with Crippen LogP contribution in [0.1, 0.15) is 35.2 Å². The highest BCUT2D eigenvalue weighted by molar-refractivity contribution is 7.89. The van der Waals surface area contributed by atoms with Crippen molar-refractivity contribution in [2.75, 3.05) is 13.1 Å². The molecular weight excluding hydrogens is 420 g/mol. The molecule has 0 radical (unpaired) electrons. The van der Waals surface area contributed by atoms with Gasteiger partial charge in [-0.25, -0.2) is 9.29 Å². The van der Waals surface area contributed by atoms with E-state index in [0.717, 1.165) is 4.31 Å². The zero-order chi connectivity index (χ0) is 22.4. The van der Waals surface area contributed by atoms with Crippen molar-refractivity contribution in [3.8, 4) is 0 Å². The van der Waals surface area contributed by atoms with Crippen molar-refractivity contribution < 1.29 is 23.1 Å². The Bertz CT molecular complexity index is 1030. The van der Waals surface area contributed by atoms with Gasteiger partial charge in [0.2, 0.25) is 11.8 Å². The monoisotopic (exact) mass is 446 g/mol. The minimum absolute atomic E-state index is 0.132. The molecule has 1 aliphatic rings. The highest BCUT2D eigenvalue weighted by Crippen LogP contribution is 2.24. The molecule has 1 aliphatic heterocycles. The van der Waals surface area contributed by atoms with Crippen molar-refractivity contribution in [2.45, 2.75) is 42.9 Å². The van der Waals surface area contributed by atoms with Crippen molar-refractivity contribution in [1.29, 1.82) is 0 Å². The number of aromatic nitrogens is 1. The first-order valence-electron chi connectivity index (χ1n) is 10.1. The Hall–Kier alpha value is -2.82. The fourth-order valence-corrected chi connectivity index (χ4v) is 5.32. The summed E-state index contributed by atoms with van der Waals surface area (Å²) in [6.07, 6.45) is 1.17. The summed E-state index contributed by atoms with van der Waals surface area (Å²) in [5.41, 5.74) is 6.24. The van der Waals surface area contributed by atoms with Crippen molar-refractivity contribution in [2.24, 2.45) is 5.73 Å². The number of nitrogens with zero attached hydrogens (tertiary/aromatic N) is 2. The summed E-state index contributed by atoms with van der Waals surface area (Å²) in [7, 11) is -4.29. The first kappa shape index (κ1) is 22.9. The number of primary amides is 1. The number of nitrogens with two attached hydrogens (primary N) is 1. The first-order chi connectivity index (χ1) is 14.8. The van der Waals surface area contributed by atoms with E-state index in [1.807, 2.05) is 0 Å². The summed E-state index contributed by atoms with van der Waals surface area (Å²) >= 11 is 0. The number of pyridine rings is 1. The van der Waals surface area contributed by atoms with E-state index in [4.69, 9.17) is 5.73 Å². The number of hydrogen-bond acceptors (Lipinski definition) is 7. The molecule has 10 heteroatoms. The molecule has 1 unspecified atom stereocenters. The van der Waals surface area contributed by atoms with Gasteiger partial charge in [0.1, 0.15) is 0 Å². The Morgan fingerprint density at radius 2 is 1.94 bits per heavy atom. The fourth-order valence-electron chi connectivity index (χ4n) is 3.72. The van der Waals surface area contributed by atoms with Crippen LogP contribution in [0.25, 0.3) is 0 Å². The lowest BCUT2D eigenvalue weighted by atomic mass is 10.0. The lowest BCUT2D eigenvalue weighted by molar-refractivity contribution is -0.129. The highest BCUT2D eigenvalue weighted by Gasteiger charge is 2.40. The molecule has 4 N–H and O–H groups in total. The van der Waals surface area contributed by atoms with Crippen LogP contribution in [0.15, 0.2) is 53.7 Å². The van der Waals surface area contributed by atoms with Gasteiger partial charge in [-0.05, 0) is 49.6 Å². The topological polar surface area (TPSA) is 143 Å². The van der Waals surface area contributed by atoms with Gasteiger partial charge in [-0.15, -0.1) is 0 Å². The van der Waals surface area contributed by atoms with Crippen LogP contribution in [0.2, 0.25) is 0 Å². The predicted molar refractivity (Wildman–Crippen MR) is 113 cm³/mol. The molecule has 2 heterocycles. The molecule has 0 bridgehead atoms. The van der Waals surface area contributed by atoms with E-state index in [1.165, 1.54) is 18.3 Å². The van der Waals surface area contributed by atoms with E-state index < -0.39 is 34.0 Å². The van der Waals surface area contributed by atoms with Crippen LogP contribution in [-0.2, 0) is 21.2 Å². The van der Waals surface area contributed by atoms with Gasteiger partial charge in [0.05, 0.1) is 12.1 Å². The van der Waals surface area contributed by atoms with E-state index in [2.05, 4.69) is 10.3 Å². The Balaban J connectivity index is 1.92. The van der Waals surface area contributed by atoms with Crippen molar-refractivity contribution in [3.63, 3.8) is 0 Å². The smallest absolute Gasteiger partial charge is 0.284 e. The van der Waals surface area contributed by atoms with Gasteiger partial charge in [0, 0.05) is 24.7 Å². The van der Waals surface area contributed by atoms with Gasteiger partial charge in [-0.1, -0.05) is 24.3 Å². The standard InChI is InChI=1S/C21H26N4O5S/c22-21(28)16-7-2-1-6-15(16)10-11-20(27)25(17-8-5-12-23-14-18(17)26)31(29,30)19-9-3-4-13-24-19/h1-4,6-7,9,13,17-18,23,26H,5,8,10-12,14H2,(H2,22,28)/t17?,18-/m0/s1. The largest absolute Gasteiger partial charge is 0.390 e. The molecule has 1 aromatic heterocycles. The minimum Gasteiger partial charge on any atom is -0.390 e. The lowest BCUT2D eigenvalue weighted by Crippen LogP contribution is -2.51. The maximum absolute atomic E-state index is 13.4. The molecule has 2 aromatic rings. The van der Waals surface area contributed by atoms with Crippen LogP contribution in [0.5, 0.6) is 0 Å². The second kappa shape index (κ2) is 9.99. The Labute approximate surface area is 181 Å². The number of hydrogen-bond donors (Lipinski definition) is 3. The average Bonchev–Trinajstić information content (AvgIpc) is 2.97. The van der Waals surface area contributed by atoms with Gasteiger partial charge in [-0.2, -0.15) is 8.42 Å². The van der Waals surface area contributed by atoms with Crippen LogP contribution in [-0.4, -0.2) is 59.9 Å². The predicted octanol–water partition coefficient (Wildman–Crippen LogP) is 0.444. The number of benzene rings is 1. The second-order valence-electron chi connectivity index (χ2n) is 7.37. The molecule has 0 saturated carbocycles. The first-order valence-corrected chi connectivity index (χ1v) is 11.5. The van der Waals surface area contributed by atoms with Crippen LogP contribution in [0, 0.1) is 0 Å². The molecular formula is C21H26N4O5S. The van der Waals surface area contributed by atoms with E-state index >= 15 is 0 Å². The fraction of sp³-hybridized carbons (Fsp3) is 0.381. The maximum Gasteiger partial charge on any atom is 0.284 e. The summed E-state index contributed by atoms with van der Waals surface area (Å²) in [6, 6.07) is 10.1. The molecule has 9 nitrogen and oxygen atoms in total. The zero-order valence-electron chi connectivity index (χ0n) is 17.0. The average molecular weight is 447 g/mol. The van der Waals surface area contributed by atoms with Crippen LogP contribution >= 0.6 is 0 Å². The summed E-state index contributed by atoms with van der Waals surface area (Å²) in [4.78, 5) is 28.8. The number of amides is 2. The number of aliphatic hydroxyl groups is 1. The number of carbonyl (C=O) groups is 2. The third-order valence-corrected chi connectivity index (χ3v) is 7.01. The molecule has 2 amide bonds. The normalized spacial score (nSPS) is 19.4. The molecule has 1 aromatic carbocycles. The van der Waals surface area contributed by atoms with E-state index in [1.54, 1.807) is 30.3 Å². The minimum atomic E-state index is -4.29. The lowest BCUT2D eigenvalue weighted by Gasteiger charge is -2.32. The Morgan fingerprint density at radius 1 is 1.19 bits per heavy atom. The molecule has 1 fully saturated rings. The van der Waals surface area contributed by atoms with Crippen LogP contribution in [0.4, 0.5) is 0 Å². The Kier molecular flexibility index (Phi) is 7.37. The van der Waals surface area contributed by atoms with Gasteiger partial charge < -0.3 is 16.2 Å². The highest BCUT2D eigenvalue weighted by atomic mass is 32.2. The third-order valence-electron chi connectivity index (χ3n) is 5.25. The van der Waals surface area contributed by atoms with Crippen LogP contribution < -0.4 is 11.1 Å². The molecule has 0 spiro atoms. The molecule has 31 heavy (non-hydrogen) atoms. The zero-order valence-corrected chi connectivity index (χ0v) is 17.8. The number of aryl methyl sites for hydroxylation is 1. The Morgan fingerprint density at radius 3 is 2.65 bits per heavy atom. The van der Waals surface area contributed by atoms with Gasteiger partial charge >= 0.3 is 0 Å². The molecule has 1 saturated heterocycles. The summed E-state index contributed by atoms with van der Waals surface area (Å²) < 4.78 is 27.5. The summed E-state index contributed by atoms with van der Waals surface area (Å²) in [5, 5.41) is 13.4. The summed E-state index contributed by atoms with van der Waals surface area (Å²) in [5.74, 6) is -1.29. The van der Waals surface area contributed by atoms with Gasteiger partial charge in [-0.3, -0.25) is 9.59 Å². The molecule has 166 valence electrons. The number of nitrogens with one attached hydrogen (secondary N) is 1. The number of sulfonamides is 1. The maximum atomic E-state index is 13.4. The molecule has 3 rings (SSSR count). The SMILES string of the molecule is NC(=O)c1ccccc1CCC(=O)N(C1CCCNC[C@@H]1O)S(=O)(=O)c1ccccn1. The van der Waals surface area contributed by atoms with Crippen molar-refractivity contribution in [1.82, 2.24) is 14.6 Å². The van der Waals surface area contributed by atoms with Gasteiger partial charge in [0.15, 0.2) is 5.03 Å². The number of rotatable bonds is 7. The van der Waals surface area contributed by atoms with E-state index in [-0.39, 0.29) is 30.0 Å². The van der Waals surface area contributed by atoms with Crippen LogP contribution in [0.3, 0.4) is 0 Å². The molecule has 0 aliphatic carbocycles. The van der Waals surface area contributed by atoms with Crippen molar-refractivity contribution >= 4 is 21.8 Å².